The zero-order valence-corrected chi connectivity index (χ0v) is 73.9. The second-order valence-electron chi connectivity index (χ2n) is 33.7. The molecule has 15 fully saturated rings. The third-order valence-electron chi connectivity index (χ3n) is 24.9. The van der Waals surface area contributed by atoms with Gasteiger partial charge in [-0.05, 0) is 233 Å². The molecular weight excluding hydrogens is 1690 g/mol. The van der Waals surface area contributed by atoms with Crippen LogP contribution >= 0.6 is 0 Å². The van der Waals surface area contributed by atoms with Crippen LogP contribution in [0.4, 0.5) is 26.3 Å². The number of nitrogens with one attached hydrogen (secondary N) is 1. The van der Waals surface area contributed by atoms with Crippen molar-refractivity contribution in [1.82, 2.24) is 5.32 Å². The molecule has 0 aromatic rings. The maximum atomic E-state index is 14.3. The molecule has 116 heavy (non-hydrogen) atoms. The fourth-order valence-electron chi connectivity index (χ4n) is 21.4. The molecule has 15 aliphatic carbocycles. The molecule has 0 spiro atoms. The molecule has 0 radical (unpaired) electrons. The first-order chi connectivity index (χ1) is 50.8. The van der Waals surface area contributed by atoms with E-state index in [1.54, 1.807) is 0 Å². The van der Waals surface area contributed by atoms with E-state index in [0.717, 1.165) is 162 Å². The zero-order chi connectivity index (χ0) is 82.2. The molecule has 1 amide bonds. The minimum absolute atomic E-state index is 0. The second-order valence-corrected chi connectivity index (χ2v) is 44.3. The Bertz CT molecular complexity index is 3770. The number of alkyl halides is 6. The summed E-state index contributed by atoms with van der Waals surface area (Å²) in [5, 5.41) is 11.9. The Hall–Kier alpha value is -3.75. The Kier molecular flexibility index (Phi) is 42.8. The minimum Gasteiger partial charge on any atom is -0.746 e. The number of carbonyl (C=O) groups excluding carboxylic acids is 4. The number of carbonyl (C=O) groups is 4. The molecular formula is C75H125F6NO27S7. The van der Waals surface area contributed by atoms with Gasteiger partial charge in [0.15, 0.2) is 6.10 Å². The van der Waals surface area contributed by atoms with Gasteiger partial charge in [0.25, 0.3) is 16.2 Å². The van der Waals surface area contributed by atoms with E-state index in [4.69, 9.17) is 9.47 Å². The van der Waals surface area contributed by atoms with Gasteiger partial charge in [-0.25, -0.2) is 76.8 Å². The average Bonchev–Trinajstić information content (AvgIpc) is 0.803. The number of ether oxygens (including phenoxy) is 3. The number of aliphatic hydroxyl groups is 1. The van der Waals surface area contributed by atoms with Crippen LogP contribution in [0, 0.1) is 126 Å². The van der Waals surface area contributed by atoms with Crippen LogP contribution in [-0.4, -0.2) is 179 Å². The largest absolute Gasteiger partial charge is 0.746 e. The van der Waals surface area contributed by atoms with Crippen molar-refractivity contribution in [3.05, 3.63) is 44.6 Å². The lowest BCUT2D eigenvalue weighted by atomic mass is 9.48. The number of fused-ring (bicyclic) bond motifs is 2. The number of esters is 3. The van der Waals surface area contributed by atoms with E-state index in [1.165, 1.54) is 19.3 Å². The summed E-state index contributed by atoms with van der Waals surface area (Å²) in [4.78, 5) is 43.5. The monoisotopic (exact) mass is 1810 g/mol. The van der Waals surface area contributed by atoms with Crippen molar-refractivity contribution in [1.29, 1.82) is 0 Å². The van der Waals surface area contributed by atoms with Gasteiger partial charge in [-0.1, -0.05) is 71.1 Å². The van der Waals surface area contributed by atoms with Crippen LogP contribution in [0.1, 0.15) is 252 Å². The molecule has 14 unspecified atom stereocenters. The quantitative estimate of drug-likeness (QED) is 0.0183. The summed E-state index contributed by atoms with van der Waals surface area (Å²) in [6, 6.07) is -0.161. The number of aliphatic hydroxyl groups excluding tert-OH is 1. The van der Waals surface area contributed by atoms with Crippen molar-refractivity contribution < 1.29 is 147 Å². The number of amides is 1. The Morgan fingerprint density at radius 1 is 0.448 bits per heavy atom. The Morgan fingerprint density at radius 3 is 1.16 bits per heavy atom. The van der Waals surface area contributed by atoms with Gasteiger partial charge in [0.1, 0.15) is 79.0 Å². The first-order valence-electron chi connectivity index (χ1n) is 38.3. The molecule has 41 heteroatoms. The highest BCUT2D eigenvalue weighted by Gasteiger charge is 2.60. The summed E-state index contributed by atoms with van der Waals surface area (Å²) in [6.07, 6.45) is 25.1. The third-order valence-corrected chi connectivity index (χ3v) is 32.3. The van der Waals surface area contributed by atoms with Crippen molar-refractivity contribution in [3.63, 3.8) is 0 Å². The molecule has 0 aliphatic heterocycles. The second kappa shape index (κ2) is 45.1. The molecule has 15 saturated carbocycles. The van der Waals surface area contributed by atoms with Gasteiger partial charge in [0, 0.05) is 80.0 Å². The molecule has 15 aliphatic rings. The average molecular weight is 1810 g/mol. The third kappa shape index (κ3) is 30.1. The van der Waals surface area contributed by atoms with E-state index in [9.17, 15) is 133 Å². The maximum absolute atomic E-state index is 14.3. The van der Waals surface area contributed by atoms with Crippen LogP contribution in [0.5, 0.6) is 0 Å². The highest BCUT2D eigenvalue weighted by atomic mass is 32.3. The Labute approximate surface area is 689 Å². The van der Waals surface area contributed by atoms with Crippen LogP contribution in [0.15, 0.2) is 0 Å². The predicted molar refractivity (Wildman–Crippen MR) is 416 cm³/mol. The van der Waals surface area contributed by atoms with Crippen molar-refractivity contribution in [3.8, 4) is 0 Å². The normalized spacial score (nSPS) is 32.2. The number of hydrogen-bond acceptors (Lipinski definition) is 27. The first kappa shape index (κ1) is 110. The summed E-state index contributed by atoms with van der Waals surface area (Å²) in [6.45, 7) is 5.44. The van der Waals surface area contributed by atoms with Gasteiger partial charge in [0.05, 0.1) is 16.2 Å². The molecule has 14 bridgehead atoms. The van der Waals surface area contributed by atoms with Crippen molar-refractivity contribution in [2.24, 2.45) is 81.3 Å². The van der Waals surface area contributed by atoms with Crippen LogP contribution in [0.25, 0.3) is 0 Å². The lowest BCUT2D eigenvalue weighted by Gasteiger charge is -2.59. The molecule has 0 aromatic carbocycles. The summed E-state index contributed by atoms with van der Waals surface area (Å²) in [5.41, 5.74) is -15.6. The van der Waals surface area contributed by atoms with Crippen molar-refractivity contribution >= 4 is 95.3 Å². The van der Waals surface area contributed by atoms with E-state index in [1.807, 2.05) is 0 Å². The highest BCUT2D eigenvalue weighted by Crippen LogP contribution is 2.65. The maximum Gasteiger partial charge on any atom is 0.312 e. The molecule has 28 nitrogen and oxygen atoms in total. The first-order valence-corrected chi connectivity index (χ1v) is 48.4. The lowest BCUT2D eigenvalue weighted by molar-refractivity contribution is -0.177. The predicted octanol–water partition coefficient (Wildman–Crippen LogP) is 12.0. The van der Waals surface area contributed by atoms with Gasteiger partial charge in [-0.3, -0.25) is 23.4 Å². The fourth-order valence-corrected chi connectivity index (χ4v) is 26.5. The number of hydrogen-bond donors (Lipinski definition) is 2. The smallest absolute Gasteiger partial charge is 0.312 e. The molecule has 2 N–H and O–H groups in total. The summed E-state index contributed by atoms with van der Waals surface area (Å²) in [7, 11) is -32.8. The lowest BCUT2D eigenvalue weighted by Crippen LogP contribution is -2.56. The van der Waals surface area contributed by atoms with Crippen molar-refractivity contribution in [2.75, 3.05) is 0 Å². The molecule has 0 aromatic heterocycles. The van der Waals surface area contributed by atoms with Crippen LogP contribution in [-0.2, 0) is 105 Å². The molecule has 15 rings (SSSR count). The minimum atomic E-state index is -5.19. The highest BCUT2D eigenvalue weighted by molar-refractivity contribution is 8.03. The van der Waals surface area contributed by atoms with Gasteiger partial charge >= 0.3 is 17.9 Å². The fraction of sp³-hybridized carbons (Fsp3) is 0.867. The van der Waals surface area contributed by atoms with Crippen LogP contribution in [0.3, 0.4) is 0 Å². The zero-order valence-electron chi connectivity index (χ0n) is 68.2. The van der Waals surface area contributed by atoms with E-state index in [0.29, 0.717) is 123 Å². The molecule has 0 heterocycles. The number of rotatable bonds is 28. The summed E-state index contributed by atoms with van der Waals surface area (Å²) in [5.74, 6) is 1.99. The van der Waals surface area contributed by atoms with Gasteiger partial charge in [0.2, 0.25) is 22.0 Å². The van der Waals surface area contributed by atoms with E-state index in [-0.39, 0.29) is 57.0 Å². The van der Waals surface area contributed by atoms with E-state index < -0.39 is 174 Å². The van der Waals surface area contributed by atoms with Crippen molar-refractivity contribution in [2.45, 2.75) is 320 Å². The van der Waals surface area contributed by atoms with Gasteiger partial charge < -0.3 is 52.0 Å². The van der Waals surface area contributed by atoms with Crippen LogP contribution < -0.4 is 5.32 Å². The standard InChI is InChI=1S/2C14H21FO5S.C13H25FO5S.C12H19FO4S.C9H14FNO4S.C7H13FO4S2.6CH3/c1-8(16)20-12(13(15)21(17,18)19)14-5-9-2-10(6-14)4-11(3-9)7-14;1-8(12(15)21(17,18)19)20-13(16)14-5-9-2-10(6-14)4-11(3-9)7-14;1-3-4-5-6-7-8-9-10-12(15)19-11(2)13(14)20(16,17)18;13-11(18(15,16)17)10(14)12-4-7-1-8(5-12)3-9(2-7)6-12;10-8(16(13,14)15)9(12)11-7-4-5-1-2-6(7)3-5;8-7(14(10,11)12)13(9)6-4-2-1-3-5-6;;;;;;/h9-13H,2-7H2,1H3,(H,17,18,19);8-12H,2-7H2,1H3,(H,17,18,19);11,13H,3-10H2,1-2H3,(H,16,17,18);7-11,14H,1-6H2,(H,15,16,17);5-8H,1-4H2,(H,11,12)(H,13,14,15);6-7H,1-5H2,(H,10,11,12);6*1H3/q;;;;;;6*+1/p-6. The topological polar surface area (TPSA) is 488 Å². The number of unbranched alkanes of at least 4 members (excludes halogenated alkanes) is 6. The Balaban J connectivity index is 0.000000692. The SMILES string of the molecule is CC(=O)OC(C(F)S(=O)(=O)[O-])C12CC3CC(CC(C3)C1)C2.CC(OC(=O)C12CC3CC(CC(C3)C1)C2)C(F)S(=O)(=O)[O-].CCCCCCCCCC(=O)OC(C)C(F)S(=O)(=O)[O-].O=C(NC1CC2CCC1C2)C(F)S(=O)(=O)[O-].O=S(=O)([O-])C(F)C(O)C12CC3CC(CC(C3)C1)C2.O=S(C1CCCCC1)C(F)S(=O)(=O)[O-].[CH3+].[CH3+].[CH3+].[CH3+].[CH3+].[CH3+]. The summed E-state index contributed by atoms with van der Waals surface area (Å²) < 4.78 is 297. The van der Waals surface area contributed by atoms with E-state index >= 15 is 0 Å². The van der Waals surface area contributed by atoms with Gasteiger partial charge in [-0.15, -0.1) is 0 Å². The van der Waals surface area contributed by atoms with Crippen LogP contribution in [0.2, 0.25) is 0 Å². The Morgan fingerprint density at radius 2 is 0.819 bits per heavy atom. The summed E-state index contributed by atoms with van der Waals surface area (Å²) >= 11 is 0. The molecule has 676 valence electrons. The molecule has 14 atom stereocenters. The molecule has 0 saturated heterocycles. The van der Waals surface area contributed by atoms with E-state index in [2.05, 4.69) is 17.0 Å². The number of halogens is 6. The van der Waals surface area contributed by atoms with Gasteiger partial charge in [-0.2, -0.15) is 0 Å².